The molecule has 0 fully saturated rings. The second-order valence-corrected chi connectivity index (χ2v) is 4.68. The van der Waals surface area contributed by atoms with Gasteiger partial charge in [0.1, 0.15) is 5.58 Å². The van der Waals surface area contributed by atoms with Crippen LogP contribution >= 0.6 is 0 Å². The van der Waals surface area contributed by atoms with E-state index in [2.05, 4.69) is 0 Å². The number of benzene rings is 1. The van der Waals surface area contributed by atoms with Gasteiger partial charge in [0.05, 0.1) is 18.3 Å². The average Bonchev–Trinajstić information content (AvgIpc) is 3.04. The van der Waals surface area contributed by atoms with Crippen molar-refractivity contribution in [1.82, 2.24) is 0 Å². The first-order valence-corrected chi connectivity index (χ1v) is 7.01. The minimum Gasteiger partial charge on any atom is -0.486 e. The van der Waals surface area contributed by atoms with E-state index in [1.54, 1.807) is 12.1 Å². The van der Waals surface area contributed by atoms with Gasteiger partial charge in [-0.2, -0.15) is 0 Å². The first kappa shape index (κ1) is 13.5. The van der Waals surface area contributed by atoms with Crippen molar-refractivity contribution in [2.45, 2.75) is 20.3 Å². The van der Waals surface area contributed by atoms with Gasteiger partial charge in [0, 0.05) is 0 Å². The van der Waals surface area contributed by atoms with Gasteiger partial charge in [0.15, 0.2) is 5.76 Å². The van der Waals surface area contributed by atoms with Crippen LogP contribution in [0.3, 0.4) is 0 Å². The largest absolute Gasteiger partial charge is 0.486 e. The molecule has 0 unspecified atom stereocenters. The summed E-state index contributed by atoms with van der Waals surface area (Å²) in [7, 11) is 0. The molecule has 0 saturated carbocycles. The topological polar surface area (TPSA) is 52.6 Å². The van der Waals surface area contributed by atoms with Crippen molar-refractivity contribution in [2.24, 2.45) is 0 Å². The number of hydrogen-bond donors (Lipinski definition) is 0. The smallest absolute Gasteiger partial charge is 0.235 e. The summed E-state index contributed by atoms with van der Waals surface area (Å²) in [5.74, 6) is 1.02. The highest BCUT2D eigenvalue weighted by molar-refractivity contribution is 5.81. The Hall–Kier alpha value is -2.49. The summed E-state index contributed by atoms with van der Waals surface area (Å²) < 4.78 is 16.7. The lowest BCUT2D eigenvalue weighted by Crippen LogP contribution is -2.10. The molecule has 1 aromatic carbocycles. The molecule has 0 radical (unpaired) electrons. The van der Waals surface area contributed by atoms with E-state index < -0.39 is 0 Å². The summed E-state index contributed by atoms with van der Waals surface area (Å²) in [6.45, 7) is 4.26. The van der Waals surface area contributed by atoms with Gasteiger partial charge in [-0.15, -0.1) is 0 Å². The Morgan fingerprint density at radius 3 is 2.71 bits per heavy atom. The van der Waals surface area contributed by atoms with Gasteiger partial charge in [0.2, 0.25) is 16.9 Å². The normalized spacial score (nSPS) is 11.0. The van der Waals surface area contributed by atoms with Crippen LogP contribution in [0.1, 0.15) is 19.4 Å². The molecule has 0 spiro atoms. The quantitative estimate of drug-likeness (QED) is 0.726. The monoisotopic (exact) mass is 284 g/mol. The number of ether oxygens (including phenoxy) is 1. The molecule has 0 N–H and O–H groups in total. The average molecular weight is 284 g/mol. The summed E-state index contributed by atoms with van der Waals surface area (Å²) in [6.07, 6.45) is 2.40. The number of fused-ring (bicyclic) bond motifs is 1. The third-order valence-electron chi connectivity index (χ3n) is 3.35. The minimum atomic E-state index is -0.167. The van der Waals surface area contributed by atoms with E-state index in [-0.39, 0.29) is 11.2 Å². The maximum Gasteiger partial charge on any atom is 0.235 e. The van der Waals surface area contributed by atoms with Gasteiger partial charge in [-0.3, -0.25) is 4.79 Å². The van der Waals surface area contributed by atoms with Crippen LogP contribution in [-0.2, 0) is 6.42 Å². The van der Waals surface area contributed by atoms with E-state index in [9.17, 15) is 4.79 Å². The minimum absolute atomic E-state index is 0.167. The maximum atomic E-state index is 12.7. The van der Waals surface area contributed by atoms with Crippen molar-refractivity contribution < 1.29 is 13.6 Å². The third-order valence-corrected chi connectivity index (χ3v) is 3.35. The van der Waals surface area contributed by atoms with E-state index in [0.717, 1.165) is 12.0 Å². The Morgan fingerprint density at radius 2 is 2.05 bits per heavy atom. The zero-order valence-electron chi connectivity index (χ0n) is 12.0. The van der Waals surface area contributed by atoms with Gasteiger partial charge in [-0.25, -0.2) is 0 Å². The summed E-state index contributed by atoms with van der Waals surface area (Å²) in [5.41, 5.74) is 1.45. The van der Waals surface area contributed by atoms with Crippen molar-refractivity contribution >= 4 is 11.0 Å². The molecule has 2 heterocycles. The van der Waals surface area contributed by atoms with Crippen LogP contribution in [-0.4, -0.2) is 6.61 Å². The van der Waals surface area contributed by atoms with Crippen molar-refractivity contribution in [3.63, 3.8) is 0 Å². The fraction of sp³-hybridized carbons (Fsp3) is 0.235. The highest BCUT2D eigenvalue weighted by Crippen LogP contribution is 2.31. The highest BCUT2D eigenvalue weighted by atomic mass is 16.5. The molecular weight excluding hydrogens is 268 g/mol. The van der Waals surface area contributed by atoms with Crippen molar-refractivity contribution in [3.05, 3.63) is 52.4 Å². The van der Waals surface area contributed by atoms with E-state index in [1.165, 1.54) is 6.26 Å². The molecule has 0 amide bonds. The van der Waals surface area contributed by atoms with Crippen LogP contribution in [0.4, 0.5) is 0 Å². The van der Waals surface area contributed by atoms with Gasteiger partial charge in [-0.05, 0) is 43.2 Å². The van der Waals surface area contributed by atoms with Gasteiger partial charge < -0.3 is 13.6 Å². The molecular formula is C17H16O4. The summed E-state index contributed by atoms with van der Waals surface area (Å²) in [6, 6.07) is 9.12. The lowest BCUT2D eigenvalue weighted by atomic mass is 10.1. The molecule has 21 heavy (non-hydrogen) atoms. The van der Waals surface area contributed by atoms with Crippen LogP contribution in [0.5, 0.6) is 5.75 Å². The van der Waals surface area contributed by atoms with Crippen molar-refractivity contribution in [1.29, 1.82) is 0 Å². The molecule has 3 aromatic rings. The number of aryl methyl sites for hydroxylation is 1. The van der Waals surface area contributed by atoms with E-state index in [4.69, 9.17) is 13.6 Å². The molecule has 4 nitrogen and oxygen atoms in total. The first-order valence-electron chi connectivity index (χ1n) is 7.01. The molecule has 0 aliphatic heterocycles. The second-order valence-electron chi connectivity index (χ2n) is 4.68. The number of furan rings is 1. The Kier molecular flexibility index (Phi) is 3.52. The molecule has 108 valence electrons. The van der Waals surface area contributed by atoms with Crippen molar-refractivity contribution in [3.8, 4) is 17.3 Å². The van der Waals surface area contributed by atoms with Crippen molar-refractivity contribution in [2.75, 3.05) is 6.61 Å². The van der Waals surface area contributed by atoms with Crippen LogP contribution in [0.25, 0.3) is 22.5 Å². The molecule has 0 aliphatic rings. The fourth-order valence-electron chi connectivity index (χ4n) is 2.29. The predicted octanol–water partition coefficient (Wildman–Crippen LogP) is 4.01. The van der Waals surface area contributed by atoms with Gasteiger partial charge in [0.25, 0.3) is 0 Å². The van der Waals surface area contributed by atoms with Crippen LogP contribution < -0.4 is 10.2 Å². The summed E-state index contributed by atoms with van der Waals surface area (Å²) in [5, 5.41) is 0.535. The molecule has 0 saturated heterocycles. The van der Waals surface area contributed by atoms with E-state index >= 15 is 0 Å². The first-order chi connectivity index (χ1) is 10.2. The standard InChI is InChI=1S/C17H16O4/c1-3-11-7-8-13-12(10-11)15(18)17(19-4-2)16(21-13)14-6-5-9-20-14/h5-10H,3-4H2,1-2H3. The lowest BCUT2D eigenvalue weighted by Gasteiger charge is -2.09. The zero-order valence-corrected chi connectivity index (χ0v) is 12.0. The van der Waals surface area contributed by atoms with Crippen LogP contribution in [0.15, 0.2) is 50.2 Å². The molecule has 0 bridgehead atoms. The summed E-state index contributed by atoms with van der Waals surface area (Å²) in [4.78, 5) is 12.7. The molecule has 0 atom stereocenters. The van der Waals surface area contributed by atoms with Gasteiger partial charge in [-0.1, -0.05) is 13.0 Å². The van der Waals surface area contributed by atoms with Gasteiger partial charge >= 0.3 is 0 Å². The Labute approximate surface area is 122 Å². The molecule has 3 rings (SSSR count). The van der Waals surface area contributed by atoms with E-state index in [0.29, 0.717) is 29.1 Å². The predicted molar refractivity (Wildman–Crippen MR) is 80.7 cm³/mol. The fourth-order valence-corrected chi connectivity index (χ4v) is 2.29. The van der Waals surface area contributed by atoms with Crippen LogP contribution in [0, 0.1) is 0 Å². The lowest BCUT2D eigenvalue weighted by molar-refractivity contribution is 0.328. The Balaban J connectivity index is 2.33. The zero-order chi connectivity index (χ0) is 14.8. The maximum absolute atomic E-state index is 12.7. The highest BCUT2D eigenvalue weighted by Gasteiger charge is 2.19. The number of hydrogen-bond acceptors (Lipinski definition) is 4. The van der Waals surface area contributed by atoms with Crippen LogP contribution in [0.2, 0.25) is 0 Å². The second kappa shape index (κ2) is 5.48. The molecule has 4 heteroatoms. The third kappa shape index (κ3) is 2.33. The SMILES string of the molecule is CCOc1c(-c2ccco2)oc2ccc(CC)cc2c1=O. The Bertz CT molecular complexity index is 813. The Morgan fingerprint density at radius 1 is 1.19 bits per heavy atom. The molecule has 2 aromatic heterocycles. The molecule has 0 aliphatic carbocycles. The summed E-state index contributed by atoms with van der Waals surface area (Å²) >= 11 is 0. The van der Waals surface area contributed by atoms with E-state index in [1.807, 2.05) is 32.0 Å². The number of rotatable bonds is 4.